The summed E-state index contributed by atoms with van der Waals surface area (Å²) in [5.41, 5.74) is 2.37. The van der Waals surface area contributed by atoms with Crippen LogP contribution in [-0.2, 0) is 0 Å². The Morgan fingerprint density at radius 2 is 2.05 bits per heavy atom. The second-order valence-electron chi connectivity index (χ2n) is 4.39. The van der Waals surface area contributed by atoms with Crippen LogP contribution in [0.15, 0.2) is 36.8 Å². The number of nitrogens with one attached hydrogen (secondary N) is 1. The largest absolute Gasteiger partial charge is 0.467 e. The van der Waals surface area contributed by atoms with Crippen LogP contribution >= 0.6 is 0 Å². The number of anilines is 1. The maximum Gasteiger partial charge on any atom is 0.316 e. The Morgan fingerprint density at radius 1 is 1.29 bits per heavy atom. The number of amides is 1. The minimum absolute atomic E-state index is 0.249. The first-order chi connectivity index (χ1) is 10.2. The van der Waals surface area contributed by atoms with E-state index in [1.807, 2.05) is 18.2 Å². The Labute approximate surface area is 120 Å². The van der Waals surface area contributed by atoms with Gasteiger partial charge in [-0.05, 0) is 19.1 Å². The van der Waals surface area contributed by atoms with Gasteiger partial charge >= 0.3 is 6.01 Å². The highest BCUT2D eigenvalue weighted by Gasteiger charge is 2.16. The first kappa shape index (κ1) is 13.0. The summed E-state index contributed by atoms with van der Waals surface area (Å²) < 4.78 is 6.62. The van der Waals surface area contributed by atoms with Crippen molar-refractivity contribution in [2.24, 2.45) is 0 Å². The molecule has 0 aliphatic rings. The van der Waals surface area contributed by atoms with Crippen LogP contribution in [0.4, 0.5) is 5.69 Å². The van der Waals surface area contributed by atoms with Crippen molar-refractivity contribution in [2.45, 2.75) is 6.92 Å². The zero-order valence-electron chi connectivity index (χ0n) is 11.6. The molecule has 21 heavy (non-hydrogen) atoms. The van der Waals surface area contributed by atoms with Crippen molar-refractivity contribution in [3.05, 3.63) is 48.2 Å². The molecule has 0 unspecified atom stereocenters. The van der Waals surface area contributed by atoms with Crippen LogP contribution in [0.2, 0.25) is 0 Å². The van der Waals surface area contributed by atoms with Crippen LogP contribution in [0.25, 0.3) is 5.65 Å². The van der Waals surface area contributed by atoms with Crippen molar-refractivity contribution < 1.29 is 9.53 Å². The third kappa shape index (κ3) is 2.40. The number of hydrogen-bond donors (Lipinski definition) is 1. The predicted octanol–water partition coefficient (Wildman–Crippen LogP) is 1.69. The molecule has 3 aromatic rings. The third-order valence-corrected chi connectivity index (χ3v) is 2.99. The van der Waals surface area contributed by atoms with Gasteiger partial charge in [0.25, 0.3) is 5.91 Å². The van der Waals surface area contributed by atoms with E-state index in [4.69, 9.17) is 4.74 Å². The van der Waals surface area contributed by atoms with Crippen LogP contribution in [0, 0.1) is 6.92 Å². The summed E-state index contributed by atoms with van der Waals surface area (Å²) in [6, 6.07) is 5.82. The van der Waals surface area contributed by atoms with Crippen LogP contribution in [0.1, 0.15) is 16.2 Å². The lowest BCUT2D eigenvalue weighted by molar-refractivity contribution is 0.102. The standard InChI is InChI=1S/C14H13N5O2/c1-9-12(19-6-4-3-5-11(19)17-9)13(20)18-10-7-15-14(21-2)16-8-10/h3-8H,1-2H3,(H,18,20). The molecule has 0 spiro atoms. The number of carbonyl (C=O) groups excluding carboxylic acids is 1. The van der Waals surface area contributed by atoms with Crippen molar-refractivity contribution in [2.75, 3.05) is 12.4 Å². The van der Waals surface area contributed by atoms with E-state index in [1.54, 1.807) is 17.5 Å². The molecule has 7 heteroatoms. The topological polar surface area (TPSA) is 81.4 Å². The number of hydrogen-bond acceptors (Lipinski definition) is 5. The first-order valence-corrected chi connectivity index (χ1v) is 6.30. The molecule has 1 amide bonds. The van der Waals surface area contributed by atoms with Crippen LogP contribution < -0.4 is 10.1 Å². The molecule has 0 aliphatic heterocycles. The summed E-state index contributed by atoms with van der Waals surface area (Å²) in [6.45, 7) is 1.80. The lowest BCUT2D eigenvalue weighted by Crippen LogP contribution is -2.16. The molecular weight excluding hydrogens is 270 g/mol. The fourth-order valence-electron chi connectivity index (χ4n) is 2.06. The van der Waals surface area contributed by atoms with Gasteiger partial charge in [-0.2, -0.15) is 0 Å². The fourth-order valence-corrected chi connectivity index (χ4v) is 2.06. The Bertz CT molecular complexity index is 795. The van der Waals surface area contributed by atoms with Gasteiger partial charge in [0, 0.05) is 6.20 Å². The lowest BCUT2D eigenvalue weighted by Gasteiger charge is -2.05. The van der Waals surface area contributed by atoms with Gasteiger partial charge in [-0.1, -0.05) is 6.07 Å². The van der Waals surface area contributed by atoms with E-state index in [0.717, 1.165) is 5.65 Å². The number of methoxy groups -OCH3 is 1. The van der Waals surface area contributed by atoms with Crippen LogP contribution in [-0.4, -0.2) is 32.4 Å². The molecule has 0 saturated heterocycles. The fraction of sp³-hybridized carbons (Fsp3) is 0.143. The van der Waals surface area contributed by atoms with Gasteiger partial charge < -0.3 is 10.1 Å². The van der Waals surface area contributed by atoms with Gasteiger partial charge in [-0.15, -0.1) is 0 Å². The molecule has 0 atom stereocenters. The number of carbonyl (C=O) groups is 1. The molecule has 0 aliphatic carbocycles. The molecule has 1 N–H and O–H groups in total. The summed E-state index contributed by atoms with van der Waals surface area (Å²) in [5, 5.41) is 2.75. The Balaban J connectivity index is 1.91. The molecule has 0 fully saturated rings. The number of aromatic nitrogens is 4. The van der Waals surface area contributed by atoms with E-state index in [1.165, 1.54) is 19.5 Å². The second kappa shape index (κ2) is 5.20. The summed E-state index contributed by atoms with van der Waals surface area (Å²) in [7, 11) is 1.48. The number of pyridine rings is 1. The monoisotopic (exact) mass is 283 g/mol. The molecule has 106 valence electrons. The minimum Gasteiger partial charge on any atom is -0.467 e. The number of nitrogens with zero attached hydrogens (tertiary/aromatic N) is 4. The average molecular weight is 283 g/mol. The van der Waals surface area contributed by atoms with Crippen molar-refractivity contribution >= 4 is 17.2 Å². The van der Waals surface area contributed by atoms with Gasteiger partial charge in [0.05, 0.1) is 30.9 Å². The van der Waals surface area contributed by atoms with Crippen molar-refractivity contribution in [1.29, 1.82) is 0 Å². The average Bonchev–Trinajstić information content (AvgIpc) is 2.83. The Hall–Kier alpha value is -2.96. The number of ether oxygens (including phenoxy) is 1. The number of aryl methyl sites for hydroxylation is 1. The minimum atomic E-state index is -0.264. The number of rotatable bonds is 3. The molecule has 0 saturated carbocycles. The molecule has 7 nitrogen and oxygen atoms in total. The Morgan fingerprint density at radius 3 is 2.76 bits per heavy atom. The smallest absolute Gasteiger partial charge is 0.316 e. The maximum absolute atomic E-state index is 12.4. The zero-order chi connectivity index (χ0) is 14.8. The van der Waals surface area contributed by atoms with Gasteiger partial charge in [0.2, 0.25) is 0 Å². The van der Waals surface area contributed by atoms with Gasteiger partial charge in [0.1, 0.15) is 11.3 Å². The highest BCUT2D eigenvalue weighted by atomic mass is 16.5. The second-order valence-corrected chi connectivity index (χ2v) is 4.39. The van der Waals surface area contributed by atoms with E-state index in [0.29, 0.717) is 17.1 Å². The van der Waals surface area contributed by atoms with E-state index < -0.39 is 0 Å². The quantitative estimate of drug-likeness (QED) is 0.791. The molecule has 0 aromatic carbocycles. The molecular formula is C14H13N5O2. The molecule has 3 rings (SSSR count). The first-order valence-electron chi connectivity index (χ1n) is 6.30. The van der Waals surface area contributed by atoms with Gasteiger partial charge in [-0.25, -0.2) is 15.0 Å². The van der Waals surface area contributed by atoms with Crippen molar-refractivity contribution in [3.8, 4) is 6.01 Å². The van der Waals surface area contributed by atoms with Crippen molar-refractivity contribution in [3.63, 3.8) is 0 Å². The summed E-state index contributed by atoms with van der Waals surface area (Å²) >= 11 is 0. The molecule has 0 bridgehead atoms. The number of fused-ring (bicyclic) bond motifs is 1. The Kier molecular flexibility index (Phi) is 3.23. The molecule has 3 heterocycles. The lowest BCUT2D eigenvalue weighted by atomic mass is 10.3. The van der Waals surface area contributed by atoms with Gasteiger partial charge in [-0.3, -0.25) is 9.20 Å². The zero-order valence-corrected chi connectivity index (χ0v) is 11.6. The SMILES string of the molecule is COc1ncc(NC(=O)c2c(C)nc3ccccn23)cn1. The summed E-state index contributed by atoms with van der Waals surface area (Å²) in [6.07, 6.45) is 4.78. The maximum atomic E-state index is 12.4. The van der Waals surface area contributed by atoms with Crippen molar-refractivity contribution in [1.82, 2.24) is 19.4 Å². The van der Waals surface area contributed by atoms with E-state index in [2.05, 4.69) is 20.3 Å². The normalized spacial score (nSPS) is 10.6. The van der Waals surface area contributed by atoms with Gasteiger partial charge in [0.15, 0.2) is 0 Å². The summed E-state index contributed by atoms with van der Waals surface area (Å²) in [4.78, 5) is 24.7. The number of imidazole rings is 1. The van der Waals surface area contributed by atoms with Crippen LogP contribution in [0.5, 0.6) is 6.01 Å². The summed E-state index contributed by atoms with van der Waals surface area (Å²) in [5.74, 6) is -0.264. The third-order valence-electron chi connectivity index (χ3n) is 2.99. The van der Waals surface area contributed by atoms with E-state index in [9.17, 15) is 4.79 Å². The molecule has 3 aromatic heterocycles. The highest BCUT2D eigenvalue weighted by Crippen LogP contribution is 2.14. The predicted molar refractivity (Wildman–Crippen MR) is 76.5 cm³/mol. The van der Waals surface area contributed by atoms with E-state index >= 15 is 0 Å². The van der Waals surface area contributed by atoms with E-state index in [-0.39, 0.29) is 11.9 Å². The molecule has 0 radical (unpaired) electrons. The van der Waals surface area contributed by atoms with Crippen LogP contribution in [0.3, 0.4) is 0 Å². The highest BCUT2D eigenvalue weighted by molar-refractivity contribution is 6.04.